The van der Waals surface area contributed by atoms with E-state index >= 15 is 0 Å². The molecule has 2 aliphatic heterocycles. The molecule has 2 aliphatic rings. The number of hydrogen-bond acceptors (Lipinski definition) is 3. The van der Waals surface area contributed by atoms with Crippen molar-refractivity contribution in [1.82, 2.24) is 9.80 Å². The van der Waals surface area contributed by atoms with Crippen LogP contribution in [0.5, 0.6) is 0 Å². The van der Waals surface area contributed by atoms with Gasteiger partial charge in [0.15, 0.2) is 0 Å². The van der Waals surface area contributed by atoms with Gasteiger partial charge in [0, 0.05) is 38.2 Å². The van der Waals surface area contributed by atoms with Gasteiger partial charge in [-0.3, -0.25) is 9.59 Å². The van der Waals surface area contributed by atoms with Crippen LogP contribution in [0.15, 0.2) is 36.4 Å². The molecule has 0 aliphatic carbocycles. The number of carbonyl (C=O) groups is 2. The van der Waals surface area contributed by atoms with Crippen molar-refractivity contribution in [1.29, 1.82) is 0 Å². The Morgan fingerprint density at radius 2 is 1.85 bits per heavy atom. The molecule has 2 amide bonds. The molecule has 0 N–H and O–H groups in total. The topological polar surface area (TPSA) is 49.9 Å². The molecule has 140 valence electrons. The van der Waals surface area contributed by atoms with E-state index in [1.54, 1.807) is 6.08 Å². The third-order valence-corrected chi connectivity index (χ3v) is 5.28. The third kappa shape index (κ3) is 4.73. The Hall–Kier alpha value is -2.14. The van der Waals surface area contributed by atoms with Crippen LogP contribution in [0.2, 0.25) is 0 Å². The largest absolute Gasteiger partial charge is 0.375 e. The van der Waals surface area contributed by atoms with Crippen LogP contribution in [-0.4, -0.2) is 60.5 Å². The maximum atomic E-state index is 12.8. The fourth-order valence-corrected chi connectivity index (χ4v) is 3.61. The summed E-state index contributed by atoms with van der Waals surface area (Å²) in [6.07, 6.45) is 6.07. The number of benzene rings is 1. The Bertz CT molecular complexity index is 636. The second-order valence-electron chi connectivity index (χ2n) is 7.03. The van der Waals surface area contributed by atoms with Crippen molar-refractivity contribution in [3.05, 3.63) is 42.0 Å². The van der Waals surface area contributed by atoms with Gasteiger partial charge >= 0.3 is 0 Å². The third-order valence-electron chi connectivity index (χ3n) is 5.28. The zero-order valence-electron chi connectivity index (χ0n) is 15.5. The van der Waals surface area contributed by atoms with E-state index in [-0.39, 0.29) is 23.8 Å². The van der Waals surface area contributed by atoms with Crippen LogP contribution in [0.1, 0.15) is 31.7 Å². The van der Waals surface area contributed by atoms with Gasteiger partial charge in [0.2, 0.25) is 11.8 Å². The van der Waals surface area contributed by atoms with Crippen molar-refractivity contribution in [2.75, 3.05) is 32.8 Å². The molecule has 0 spiro atoms. The number of morpholine rings is 1. The van der Waals surface area contributed by atoms with E-state index in [9.17, 15) is 9.59 Å². The second-order valence-corrected chi connectivity index (χ2v) is 7.03. The maximum absolute atomic E-state index is 12.8. The summed E-state index contributed by atoms with van der Waals surface area (Å²) in [4.78, 5) is 28.9. The normalized spacial score (nSPS) is 22.0. The van der Waals surface area contributed by atoms with Gasteiger partial charge in [-0.05, 0) is 30.9 Å². The van der Waals surface area contributed by atoms with Gasteiger partial charge in [-0.15, -0.1) is 0 Å². The highest BCUT2D eigenvalue weighted by Crippen LogP contribution is 2.22. The van der Waals surface area contributed by atoms with Gasteiger partial charge in [0.25, 0.3) is 0 Å². The molecule has 1 unspecified atom stereocenters. The first-order valence-corrected chi connectivity index (χ1v) is 9.59. The average Bonchev–Trinajstić information content (AvgIpc) is 2.72. The summed E-state index contributed by atoms with van der Waals surface area (Å²) in [7, 11) is 0. The Labute approximate surface area is 155 Å². The molecule has 0 bridgehead atoms. The van der Waals surface area contributed by atoms with Crippen LogP contribution in [0.3, 0.4) is 0 Å². The average molecular weight is 356 g/mol. The van der Waals surface area contributed by atoms with Gasteiger partial charge in [0.1, 0.15) is 0 Å². The summed E-state index contributed by atoms with van der Waals surface area (Å²) < 4.78 is 5.65. The fourth-order valence-electron chi connectivity index (χ4n) is 3.61. The molecule has 1 aromatic rings. The zero-order chi connectivity index (χ0) is 18.4. The van der Waals surface area contributed by atoms with Crippen molar-refractivity contribution in [2.24, 2.45) is 5.92 Å². The van der Waals surface area contributed by atoms with E-state index in [2.05, 4.69) is 6.92 Å². The molecule has 1 atom stereocenters. The minimum absolute atomic E-state index is 0.0252. The van der Waals surface area contributed by atoms with E-state index < -0.39 is 0 Å². The number of carbonyl (C=O) groups excluding carboxylic acids is 2. The van der Waals surface area contributed by atoms with Crippen LogP contribution in [0, 0.1) is 5.92 Å². The van der Waals surface area contributed by atoms with Crippen LogP contribution < -0.4 is 0 Å². The number of piperidine rings is 1. The first kappa shape index (κ1) is 18.6. The molecule has 0 radical (unpaired) electrons. The summed E-state index contributed by atoms with van der Waals surface area (Å²) in [6.45, 7) is 5.41. The van der Waals surface area contributed by atoms with Gasteiger partial charge in [-0.1, -0.05) is 37.3 Å². The molecule has 26 heavy (non-hydrogen) atoms. The first-order chi connectivity index (χ1) is 12.7. The predicted molar refractivity (Wildman–Crippen MR) is 101 cm³/mol. The Morgan fingerprint density at radius 3 is 2.54 bits per heavy atom. The summed E-state index contributed by atoms with van der Waals surface area (Å²) in [6, 6.07) is 9.81. The Morgan fingerprint density at radius 1 is 1.12 bits per heavy atom. The van der Waals surface area contributed by atoms with Crippen molar-refractivity contribution >= 4 is 17.9 Å². The Balaban J connectivity index is 1.48. The lowest BCUT2D eigenvalue weighted by molar-refractivity contribution is -0.146. The summed E-state index contributed by atoms with van der Waals surface area (Å²) in [5, 5.41) is 0. The number of amides is 2. The highest BCUT2D eigenvalue weighted by molar-refractivity contribution is 5.92. The van der Waals surface area contributed by atoms with Gasteiger partial charge in [-0.25, -0.2) is 0 Å². The molecule has 2 heterocycles. The lowest BCUT2D eigenvalue weighted by Gasteiger charge is -2.37. The molecule has 3 rings (SSSR count). The SMILES string of the molecule is CCC1CN(C(=O)C2CCN(C(=O)/C=C/c3ccccc3)CC2)CCO1. The fraction of sp³-hybridized carbons (Fsp3) is 0.524. The Kier molecular flexibility index (Phi) is 6.45. The second kappa shape index (κ2) is 8.99. The monoisotopic (exact) mass is 356 g/mol. The smallest absolute Gasteiger partial charge is 0.246 e. The molecule has 0 aromatic heterocycles. The number of likely N-dealkylation sites (tertiary alicyclic amines) is 1. The highest BCUT2D eigenvalue weighted by Gasteiger charge is 2.32. The lowest BCUT2D eigenvalue weighted by atomic mass is 9.94. The van der Waals surface area contributed by atoms with E-state index in [1.165, 1.54) is 0 Å². The number of ether oxygens (including phenoxy) is 1. The standard InChI is InChI=1S/C21H28N2O3/c1-2-19-16-23(14-15-26-19)21(25)18-10-12-22(13-11-18)20(24)9-8-17-6-4-3-5-7-17/h3-9,18-19H,2,10-16H2,1H3/b9-8+. The maximum Gasteiger partial charge on any atom is 0.246 e. The van der Waals surface area contributed by atoms with Gasteiger partial charge in [0.05, 0.1) is 12.7 Å². The van der Waals surface area contributed by atoms with Crippen molar-refractivity contribution in [3.63, 3.8) is 0 Å². The van der Waals surface area contributed by atoms with Crippen LogP contribution in [0.4, 0.5) is 0 Å². The highest BCUT2D eigenvalue weighted by atomic mass is 16.5. The zero-order valence-corrected chi connectivity index (χ0v) is 15.5. The predicted octanol–water partition coefficient (Wildman–Crippen LogP) is 2.58. The number of hydrogen-bond donors (Lipinski definition) is 0. The summed E-state index contributed by atoms with van der Waals surface area (Å²) in [5.74, 6) is 0.295. The quantitative estimate of drug-likeness (QED) is 0.779. The molecule has 5 nitrogen and oxygen atoms in total. The van der Waals surface area contributed by atoms with E-state index in [0.29, 0.717) is 32.8 Å². The molecule has 5 heteroatoms. The summed E-state index contributed by atoms with van der Waals surface area (Å²) in [5.41, 5.74) is 1.02. The first-order valence-electron chi connectivity index (χ1n) is 9.59. The van der Waals surface area contributed by atoms with E-state index in [1.807, 2.05) is 46.2 Å². The minimum Gasteiger partial charge on any atom is -0.375 e. The molecule has 1 aromatic carbocycles. The molecule has 2 fully saturated rings. The summed E-state index contributed by atoms with van der Waals surface area (Å²) >= 11 is 0. The molecular weight excluding hydrogens is 328 g/mol. The molecule has 2 saturated heterocycles. The number of nitrogens with zero attached hydrogens (tertiary/aromatic N) is 2. The lowest BCUT2D eigenvalue weighted by Crippen LogP contribution is -2.49. The van der Waals surface area contributed by atoms with E-state index in [0.717, 1.165) is 24.8 Å². The molecule has 0 saturated carbocycles. The van der Waals surface area contributed by atoms with Crippen LogP contribution in [0.25, 0.3) is 6.08 Å². The van der Waals surface area contributed by atoms with Crippen molar-refractivity contribution in [2.45, 2.75) is 32.3 Å². The minimum atomic E-state index is 0.0252. The number of rotatable bonds is 4. The molecular formula is C21H28N2O3. The van der Waals surface area contributed by atoms with Crippen molar-refractivity contribution < 1.29 is 14.3 Å². The van der Waals surface area contributed by atoms with Gasteiger partial charge < -0.3 is 14.5 Å². The van der Waals surface area contributed by atoms with E-state index in [4.69, 9.17) is 4.74 Å². The van der Waals surface area contributed by atoms with Crippen molar-refractivity contribution in [3.8, 4) is 0 Å². The van der Waals surface area contributed by atoms with Crippen LogP contribution in [-0.2, 0) is 14.3 Å². The van der Waals surface area contributed by atoms with Crippen LogP contribution >= 0.6 is 0 Å². The van der Waals surface area contributed by atoms with Gasteiger partial charge in [-0.2, -0.15) is 0 Å².